The standard InChI is InChI=1S/C63H119NO11S/c1-3-5-7-9-11-13-15-17-19-21-23-25-27-29-31-33-35-37-39-41-43-45-47-49-51-53-59(67)64-56(55-73-63-61(69)62(75-76(70,71)72)60(68)58(54-65)74-63)57(66)52-50-48-46-44-42-40-38-36-34-32-30-28-26-24-22-20-18-16-14-12-10-8-6-4-2/h23,25,29,31,50,52,56-58,60-63,65-66,68-69H,3-22,24,26-28,30,32-49,51,53-55H2,1-2H3,(H,64,67)(H,70,71,72)/b25-23-,31-29-,52-50+. The second-order valence-corrected chi connectivity index (χ2v) is 23.4. The Morgan fingerprint density at radius 1 is 0.526 bits per heavy atom. The van der Waals surface area contributed by atoms with Crippen molar-refractivity contribution in [3.8, 4) is 0 Å². The molecule has 76 heavy (non-hydrogen) atoms. The average molecular weight is 1100 g/mol. The third kappa shape index (κ3) is 44.1. The fourth-order valence-electron chi connectivity index (χ4n) is 10.3. The molecule has 6 N–H and O–H groups in total. The van der Waals surface area contributed by atoms with E-state index in [1.807, 2.05) is 6.08 Å². The van der Waals surface area contributed by atoms with Crippen LogP contribution in [-0.2, 0) is 28.9 Å². The van der Waals surface area contributed by atoms with Gasteiger partial charge in [0, 0.05) is 6.42 Å². The van der Waals surface area contributed by atoms with E-state index in [1.165, 1.54) is 225 Å². The first-order valence-electron chi connectivity index (χ1n) is 31.9. The number of allylic oxidation sites excluding steroid dienone is 5. The van der Waals surface area contributed by atoms with Gasteiger partial charge in [0.1, 0.15) is 24.4 Å². The van der Waals surface area contributed by atoms with Gasteiger partial charge in [0.05, 0.1) is 25.4 Å². The van der Waals surface area contributed by atoms with Crippen LogP contribution in [0.2, 0.25) is 0 Å². The molecule has 1 aliphatic heterocycles. The number of aliphatic hydroxyl groups is 4. The van der Waals surface area contributed by atoms with Crippen LogP contribution in [0, 0.1) is 0 Å². The van der Waals surface area contributed by atoms with Crippen LogP contribution in [0.5, 0.6) is 0 Å². The van der Waals surface area contributed by atoms with Crippen LogP contribution in [0.25, 0.3) is 0 Å². The highest BCUT2D eigenvalue weighted by atomic mass is 32.3. The lowest BCUT2D eigenvalue weighted by molar-refractivity contribution is -0.298. The Labute approximate surface area is 466 Å². The van der Waals surface area contributed by atoms with Crippen molar-refractivity contribution in [2.24, 2.45) is 0 Å². The van der Waals surface area contributed by atoms with Gasteiger partial charge < -0.3 is 35.2 Å². The van der Waals surface area contributed by atoms with Crippen LogP contribution < -0.4 is 5.32 Å². The smallest absolute Gasteiger partial charge is 0.394 e. The van der Waals surface area contributed by atoms with E-state index < -0.39 is 59.9 Å². The molecular weight excluding hydrogens is 979 g/mol. The van der Waals surface area contributed by atoms with Gasteiger partial charge in [0.15, 0.2) is 6.29 Å². The number of aliphatic hydroxyl groups excluding tert-OH is 4. The van der Waals surface area contributed by atoms with Crippen molar-refractivity contribution in [2.45, 2.75) is 346 Å². The molecule has 13 heteroatoms. The zero-order valence-electron chi connectivity index (χ0n) is 48.8. The summed E-state index contributed by atoms with van der Waals surface area (Å²) in [6.07, 6.45) is 59.1. The Morgan fingerprint density at radius 3 is 1.25 bits per heavy atom. The van der Waals surface area contributed by atoms with Crippen LogP contribution in [0.15, 0.2) is 36.5 Å². The summed E-state index contributed by atoms with van der Waals surface area (Å²) >= 11 is 0. The van der Waals surface area contributed by atoms with Gasteiger partial charge in [-0.25, -0.2) is 4.18 Å². The number of rotatable bonds is 56. The lowest BCUT2D eigenvalue weighted by Gasteiger charge is -2.41. The predicted molar refractivity (Wildman–Crippen MR) is 315 cm³/mol. The SMILES string of the molecule is CCCCCCCCCCC/C=C\C/C=C\CCCCCCCCCCCC(=O)NC(COC1OC(CO)C(O)C(OS(=O)(=O)O)C1O)C(O)/C=C/CCCCCCCCCCCCCCCCCCCCCCCC. The van der Waals surface area contributed by atoms with E-state index >= 15 is 0 Å². The molecule has 0 saturated carbocycles. The molecule has 448 valence electrons. The largest absolute Gasteiger partial charge is 0.397 e. The normalized spacial score (nSPS) is 19.2. The Balaban J connectivity index is 2.33. The zero-order valence-corrected chi connectivity index (χ0v) is 49.6. The second-order valence-electron chi connectivity index (χ2n) is 22.4. The first kappa shape index (κ1) is 72.3. The van der Waals surface area contributed by atoms with E-state index in [1.54, 1.807) is 6.08 Å². The molecule has 0 aliphatic carbocycles. The van der Waals surface area contributed by atoms with E-state index in [0.29, 0.717) is 6.42 Å². The molecule has 0 bridgehead atoms. The third-order valence-corrected chi connectivity index (χ3v) is 15.6. The lowest BCUT2D eigenvalue weighted by atomic mass is 9.99. The summed E-state index contributed by atoms with van der Waals surface area (Å²) in [5.74, 6) is -0.263. The maximum Gasteiger partial charge on any atom is 0.397 e. The molecule has 0 aromatic rings. The molecule has 12 nitrogen and oxygen atoms in total. The van der Waals surface area contributed by atoms with Crippen LogP contribution in [0.4, 0.5) is 0 Å². The summed E-state index contributed by atoms with van der Waals surface area (Å²) in [5, 5.41) is 45.1. The van der Waals surface area contributed by atoms with Gasteiger partial charge in [-0.3, -0.25) is 9.35 Å². The quantitative estimate of drug-likeness (QED) is 0.0193. The van der Waals surface area contributed by atoms with E-state index in [4.69, 9.17) is 9.47 Å². The van der Waals surface area contributed by atoms with Crippen LogP contribution in [0.1, 0.15) is 303 Å². The molecule has 1 saturated heterocycles. The third-order valence-electron chi connectivity index (χ3n) is 15.2. The Kier molecular flexibility index (Phi) is 50.1. The molecule has 1 amide bonds. The van der Waals surface area contributed by atoms with Gasteiger partial charge in [-0.1, -0.05) is 281 Å². The van der Waals surface area contributed by atoms with Crippen molar-refractivity contribution < 1.29 is 51.8 Å². The molecule has 7 atom stereocenters. The second kappa shape index (κ2) is 52.7. The number of ether oxygens (including phenoxy) is 2. The average Bonchev–Trinajstić information content (AvgIpc) is 3.40. The molecule has 7 unspecified atom stereocenters. The minimum Gasteiger partial charge on any atom is -0.394 e. The fraction of sp³-hybridized carbons (Fsp3) is 0.889. The molecular formula is C63H119NO11S. The van der Waals surface area contributed by atoms with Crippen molar-refractivity contribution in [1.82, 2.24) is 5.32 Å². The van der Waals surface area contributed by atoms with Crippen molar-refractivity contribution in [1.29, 1.82) is 0 Å². The number of amides is 1. The number of carbonyl (C=O) groups is 1. The summed E-state index contributed by atoms with van der Waals surface area (Å²) in [7, 11) is -5.09. The molecule has 1 heterocycles. The number of hydrogen-bond donors (Lipinski definition) is 6. The minimum atomic E-state index is -5.09. The van der Waals surface area contributed by atoms with Gasteiger partial charge in [0.2, 0.25) is 5.91 Å². The molecule has 1 rings (SSSR count). The zero-order chi connectivity index (χ0) is 55.4. The van der Waals surface area contributed by atoms with Gasteiger partial charge in [-0.05, 0) is 51.4 Å². The number of unbranched alkanes of at least 4 members (excludes halogenated alkanes) is 40. The number of carbonyl (C=O) groups excluding carboxylic acids is 1. The molecule has 0 spiro atoms. The fourth-order valence-corrected chi connectivity index (χ4v) is 10.8. The maximum absolute atomic E-state index is 13.2. The van der Waals surface area contributed by atoms with Crippen LogP contribution >= 0.6 is 0 Å². The van der Waals surface area contributed by atoms with Crippen molar-refractivity contribution >= 4 is 16.3 Å². The van der Waals surface area contributed by atoms with Gasteiger partial charge >= 0.3 is 10.4 Å². The van der Waals surface area contributed by atoms with Gasteiger partial charge in [-0.2, -0.15) is 8.42 Å². The summed E-state index contributed by atoms with van der Waals surface area (Å²) < 4.78 is 48.0. The number of hydrogen-bond acceptors (Lipinski definition) is 10. The van der Waals surface area contributed by atoms with Crippen LogP contribution in [-0.4, -0.2) is 95.4 Å². The maximum atomic E-state index is 13.2. The van der Waals surface area contributed by atoms with E-state index in [-0.39, 0.29) is 18.9 Å². The topological polar surface area (TPSA) is 192 Å². The summed E-state index contributed by atoms with van der Waals surface area (Å²) in [6, 6.07) is -0.948. The summed E-state index contributed by atoms with van der Waals surface area (Å²) in [6.45, 7) is 3.44. The van der Waals surface area contributed by atoms with Gasteiger partial charge in [0.25, 0.3) is 0 Å². The highest BCUT2D eigenvalue weighted by molar-refractivity contribution is 7.80. The molecule has 0 aromatic carbocycles. The number of nitrogens with one attached hydrogen (secondary N) is 1. The van der Waals surface area contributed by atoms with Crippen molar-refractivity contribution in [2.75, 3.05) is 13.2 Å². The molecule has 1 aliphatic rings. The Bertz CT molecular complexity index is 1480. The molecule has 1 fully saturated rings. The highest BCUT2D eigenvalue weighted by Crippen LogP contribution is 2.26. The molecule has 0 radical (unpaired) electrons. The first-order chi connectivity index (χ1) is 37.0. The summed E-state index contributed by atoms with van der Waals surface area (Å²) in [5.41, 5.74) is 0. The Hall–Kier alpha value is -1.68. The van der Waals surface area contributed by atoms with E-state index in [0.717, 1.165) is 51.4 Å². The highest BCUT2D eigenvalue weighted by Gasteiger charge is 2.48. The first-order valence-corrected chi connectivity index (χ1v) is 33.2. The molecule has 0 aromatic heterocycles. The van der Waals surface area contributed by atoms with E-state index in [9.17, 15) is 38.2 Å². The van der Waals surface area contributed by atoms with E-state index in [2.05, 4.69) is 47.7 Å². The van der Waals surface area contributed by atoms with Crippen LogP contribution in [0.3, 0.4) is 0 Å². The lowest BCUT2D eigenvalue weighted by Crippen LogP contribution is -2.61. The Morgan fingerprint density at radius 2 is 0.882 bits per heavy atom. The monoisotopic (exact) mass is 1100 g/mol. The predicted octanol–water partition coefficient (Wildman–Crippen LogP) is 15.7. The van der Waals surface area contributed by atoms with Gasteiger partial charge in [-0.15, -0.1) is 0 Å². The summed E-state index contributed by atoms with van der Waals surface area (Å²) in [4.78, 5) is 13.2. The minimum absolute atomic E-state index is 0.263. The van der Waals surface area contributed by atoms with Crippen molar-refractivity contribution in [3.63, 3.8) is 0 Å². The van der Waals surface area contributed by atoms with Crippen molar-refractivity contribution in [3.05, 3.63) is 36.5 Å².